The summed E-state index contributed by atoms with van der Waals surface area (Å²) in [5.41, 5.74) is 0.768. The highest BCUT2D eigenvalue weighted by molar-refractivity contribution is 5.94. The topological polar surface area (TPSA) is 41.6 Å². The Hall–Kier alpha value is -1.55. The lowest BCUT2D eigenvalue weighted by Crippen LogP contribution is -2.31. The van der Waals surface area contributed by atoms with Gasteiger partial charge in [-0.2, -0.15) is 0 Å². The summed E-state index contributed by atoms with van der Waals surface area (Å²) in [6, 6.07) is 7.59. The second-order valence-corrected chi connectivity index (χ2v) is 6.94. The average molecular weight is 302 g/mol. The van der Waals surface area contributed by atoms with Crippen LogP contribution in [-0.2, 0) is 0 Å². The highest BCUT2D eigenvalue weighted by atomic mass is 16.5. The normalized spacial score (nSPS) is 23.9. The number of carbonyl (C=O) groups excluding carboxylic acids is 1. The van der Waals surface area contributed by atoms with Gasteiger partial charge in [-0.25, -0.2) is 0 Å². The lowest BCUT2D eigenvalue weighted by Gasteiger charge is -2.17. The number of nitrogens with one attached hydrogen (secondary N) is 1. The van der Waals surface area contributed by atoms with E-state index < -0.39 is 0 Å². The van der Waals surface area contributed by atoms with Crippen LogP contribution in [0.3, 0.4) is 0 Å². The van der Waals surface area contributed by atoms with Crippen LogP contribution in [0.15, 0.2) is 24.3 Å². The minimum absolute atomic E-state index is 0.156. The van der Waals surface area contributed by atoms with Gasteiger partial charge < -0.3 is 15.0 Å². The molecule has 0 aromatic heterocycles. The van der Waals surface area contributed by atoms with Gasteiger partial charge in [0, 0.05) is 31.7 Å². The van der Waals surface area contributed by atoms with Gasteiger partial charge in [-0.3, -0.25) is 4.79 Å². The number of hydrogen-bond donors (Lipinski definition) is 1. The molecule has 1 aromatic rings. The fourth-order valence-corrected chi connectivity index (χ4v) is 3.31. The third kappa shape index (κ3) is 3.43. The smallest absolute Gasteiger partial charge is 0.253 e. The van der Waals surface area contributed by atoms with Gasteiger partial charge in [0.25, 0.3) is 5.91 Å². The van der Waals surface area contributed by atoms with E-state index in [2.05, 4.69) is 19.2 Å². The lowest BCUT2D eigenvalue weighted by molar-refractivity contribution is 0.0781. The monoisotopic (exact) mass is 302 g/mol. The van der Waals surface area contributed by atoms with Crippen molar-refractivity contribution in [1.82, 2.24) is 10.2 Å². The van der Waals surface area contributed by atoms with Gasteiger partial charge in [0.05, 0.1) is 6.61 Å². The molecule has 4 nitrogen and oxygen atoms in total. The van der Waals surface area contributed by atoms with Crippen LogP contribution in [0.5, 0.6) is 5.75 Å². The molecule has 0 spiro atoms. The fraction of sp³-hybridized carbons (Fsp3) is 0.611. The van der Waals surface area contributed by atoms with E-state index in [4.69, 9.17) is 4.74 Å². The Bertz CT molecular complexity index is 500. The molecule has 2 atom stereocenters. The molecule has 3 rings (SSSR count). The van der Waals surface area contributed by atoms with Crippen molar-refractivity contribution in [3.05, 3.63) is 29.8 Å². The second kappa shape index (κ2) is 6.69. The number of amides is 1. The van der Waals surface area contributed by atoms with E-state index in [1.54, 1.807) is 0 Å². The minimum Gasteiger partial charge on any atom is -0.494 e. The molecular weight excluding hydrogens is 276 g/mol. The Morgan fingerprint density at radius 3 is 2.45 bits per heavy atom. The molecule has 0 saturated carbocycles. The van der Waals surface area contributed by atoms with Crippen molar-refractivity contribution < 1.29 is 9.53 Å². The van der Waals surface area contributed by atoms with Crippen molar-refractivity contribution in [3.8, 4) is 5.75 Å². The van der Waals surface area contributed by atoms with Crippen molar-refractivity contribution in [2.45, 2.75) is 20.3 Å². The van der Waals surface area contributed by atoms with Gasteiger partial charge in [0.2, 0.25) is 0 Å². The number of rotatable bonds is 5. The van der Waals surface area contributed by atoms with Crippen LogP contribution in [-0.4, -0.2) is 43.6 Å². The zero-order valence-electron chi connectivity index (χ0n) is 13.5. The van der Waals surface area contributed by atoms with Crippen molar-refractivity contribution in [1.29, 1.82) is 0 Å². The summed E-state index contributed by atoms with van der Waals surface area (Å²) in [4.78, 5) is 14.6. The molecule has 2 aliphatic heterocycles. The molecule has 1 aromatic carbocycles. The van der Waals surface area contributed by atoms with Gasteiger partial charge in [-0.1, -0.05) is 13.8 Å². The second-order valence-electron chi connectivity index (χ2n) is 6.94. The minimum atomic E-state index is 0.156. The summed E-state index contributed by atoms with van der Waals surface area (Å²) in [6.07, 6.45) is 1.05. The van der Waals surface area contributed by atoms with E-state index in [0.717, 1.165) is 50.5 Å². The van der Waals surface area contributed by atoms with Gasteiger partial charge in [0.1, 0.15) is 5.75 Å². The van der Waals surface area contributed by atoms with Crippen LogP contribution in [0, 0.1) is 17.8 Å². The molecule has 120 valence electrons. The van der Waals surface area contributed by atoms with E-state index in [-0.39, 0.29) is 5.91 Å². The first-order valence-electron chi connectivity index (χ1n) is 8.36. The van der Waals surface area contributed by atoms with E-state index in [9.17, 15) is 4.79 Å². The summed E-state index contributed by atoms with van der Waals surface area (Å²) < 4.78 is 5.70. The third-order valence-electron chi connectivity index (χ3n) is 4.74. The average Bonchev–Trinajstić information content (AvgIpc) is 3.08. The first kappa shape index (κ1) is 15.3. The molecule has 0 aliphatic carbocycles. The summed E-state index contributed by atoms with van der Waals surface area (Å²) in [6.45, 7) is 8.99. The molecule has 0 bridgehead atoms. The number of fused-ring (bicyclic) bond motifs is 1. The number of benzene rings is 1. The van der Waals surface area contributed by atoms with Gasteiger partial charge in [-0.05, 0) is 48.4 Å². The molecule has 22 heavy (non-hydrogen) atoms. The molecule has 2 aliphatic rings. The van der Waals surface area contributed by atoms with Crippen molar-refractivity contribution in [3.63, 3.8) is 0 Å². The Balaban J connectivity index is 1.55. The zero-order valence-corrected chi connectivity index (χ0v) is 13.5. The maximum atomic E-state index is 12.6. The van der Waals surface area contributed by atoms with Crippen LogP contribution < -0.4 is 10.1 Å². The van der Waals surface area contributed by atoms with Crippen LogP contribution in [0.25, 0.3) is 0 Å². The third-order valence-corrected chi connectivity index (χ3v) is 4.74. The predicted octanol–water partition coefficient (Wildman–Crippen LogP) is 2.40. The summed E-state index contributed by atoms with van der Waals surface area (Å²) in [5, 5.41) is 3.40. The number of carbonyl (C=O) groups is 1. The Morgan fingerprint density at radius 1 is 1.23 bits per heavy atom. The number of ether oxygens (including phenoxy) is 1. The Labute approximate surface area is 132 Å². The largest absolute Gasteiger partial charge is 0.494 e. The van der Waals surface area contributed by atoms with Crippen LogP contribution in [0.4, 0.5) is 0 Å². The molecule has 0 radical (unpaired) electrons. The van der Waals surface area contributed by atoms with Crippen molar-refractivity contribution in [2.75, 3.05) is 32.8 Å². The SMILES string of the molecule is CC(C)CCOc1ccc(C(=O)N2C[C@H]3CNC[C@H]3C2)cc1. The maximum absolute atomic E-state index is 12.6. The van der Waals surface area contributed by atoms with Crippen LogP contribution in [0.1, 0.15) is 30.6 Å². The zero-order chi connectivity index (χ0) is 15.5. The van der Waals surface area contributed by atoms with Gasteiger partial charge in [0.15, 0.2) is 0 Å². The Kier molecular flexibility index (Phi) is 4.67. The van der Waals surface area contributed by atoms with E-state index in [1.165, 1.54) is 0 Å². The summed E-state index contributed by atoms with van der Waals surface area (Å²) >= 11 is 0. The molecular formula is C18H26N2O2. The van der Waals surface area contributed by atoms with E-state index >= 15 is 0 Å². The molecule has 2 saturated heterocycles. The molecule has 1 N–H and O–H groups in total. The highest BCUT2D eigenvalue weighted by Crippen LogP contribution is 2.27. The van der Waals surface area contributed by atoms with Crippen molar-refractivity contribution in [2.24, 2.45) is 17.8 Å². The summed E-state index contributed by atoms with van der Waals surface area (Å²) in [7, 11) is 0. The maximum Gasteiger partial charge on any atom is 0.253 e. The van der Waals surface area contributed by atoms with E-state index in [0.29, 0.717) is 17.8 Å². The Morgan fingerprint density at radius 2 is 1.86 bits per heavy atom. The standard InChI is InChI=1S/C18H26N2O2/c1-13(2)7-8-22-17-5-3-14(4-6-17)18(21)20-11-15-9-19-10-16(15)12-20/h3-6,13,15-16,19H,7-12H2,1-2H3/t15-,16+. The molecule has 1 amide bonds. The van der Waals surface area contributed by atoms with Gasteiger partial charge >= 0.3 is 0 Å². The molecule has 2 fully saturated rings. The van der Waals surface area contributed by atoms with E-state index in [1.807, 2.05) is 29.2 Å². The molecule has 4 heteroatoms. The number of hydrogen-bond acceptors (Lipinski definition) is 3. The number of likely N-dealkylation sites (tertiary alicyclic amines) is 1. The number of nitrogens with zero attached hydrogens (tertiary/aromatic N) is 1. The van der Waals surface area contributed by atoms with Crippen molar-refractivity contribution >= 4 is 5.91 Å². The lowest BCUT2D eigenvalue weighted by atomic mass is 10.0. The molecule has 0 unspecified atom stereocenters. The summed E-state index contributed by atoms with van der Waals surface area (Å²) in [5.74, 6) is 2.93. The quantitative estimate of drug-likeness (QED) is 0.908. The first-order chi connectivity index (χ1) is 10.6. The molecule has 2 heterocycles. The highest BCUT2D eigenvalue weighted by Gasteiger charge is 2.38. The fourth-order valence-electron chi connectivity index (χ4n) is 3.31. The van der Waals surface area contributed by atoms with Gasteiger partial charge in [-0.15, -0.1) is 0 Å². The van der Waals surface area contributed by atoms with Crippen LogP contribution >= 0.6 is 0 Å². The first-order valence-corrected chi connectivity index (χ1v) is 8.36. The predicted molar refractivity (Wildman–Crippen MR) is 87.1 cm³/mol. The van der Waals surface area contributed by atoms with Crippen LogP contribution in [0.2, 0.25) is 0 Å².